The van der Waals surface area contributed by atoms with Crippen molar-refractivity contribution in [2.45, 2.75) is 83.3 Å². The van der Waals surface area contributed by atoms with E-state index in [2.05, 4.69) is 13.8 Å². The van der Waals surface area contributed by atoms with Gasteiger partial charge in [0.15, 0.2) is 4.93 Å². The number of nitrogens with zero attached hydrogens (tertiary/aromatic N) is 1. The second-order valence-corrected chi connectivity index (χ2v) is 12.3. The lowest BCUT2D eigenvalue weighted by Crippen LogP contribution is -2.55. The predicted molar refractivity (Wildman–Crippen MR) is 101 cm³/mol. The van der Waals surface area contributed by atoms with E-state index in [0.29, 0.717) is 12.8 Å². The van der Waals surface area contributed by atoms with Crippen molar-refractivity contribution in [1.29, 1.82) is 0 Å². The Morgan fingerprint density at radius 2 is 1.85 bits per heavy atom. The van der Waals surface area contributed by atoms with Gasteiger partial charge in [-0.15, -0.1) is 0 Å². The molecule has 2 aliphatic carbocycles. The predicted octanol–water partition coefficient (Wildman–Crippen LogP) is 3.54. The van der Waals surface area contributed by atoms with Crippen LogP contribution >= 0.6 is 11.8 Å². The van der Waals surface area contributed by atoms with Crippen LogP contribution in [0.25, 0.3) is 0 Å². The van der Waals surface area contributed by atoms with Gasteiger partial charge in [-0.1, -0.05) is 25.6 Å². The average Bonchev–Trinajstić information content (AvgIpc) is 2.92. The van der Waals surface area contributed by atoms with Gasteiger partial charge in [-0.2, -0.15) is 4.31 Å². The lowest BCUT2D eigenvalue weighted by Gasteiger charge is -2.47. The summed E-state index contributed by atoms with van der Waals surface area (Å²) in [6, 6.07) is -0.330. The van der Waals surface area contributed by atoms with Crippen LogP contribution in [0.5, 0.6) is 0 Å². The topological polar surface area (TPSA) is 63.7 Å². The Kier molecular flexibility index (Phi) is 4.77. The van der Waals surface area contributed by atoms with Gasteiger partial charge < -0.3 is 4.74 Å². The number of halogens is 1. The second-order valence-electron chi connectivity index (χ2n) is 9.13. The molecule has 0 aromatic carbocycles. The van der Waals surface area contributed by atoms with E-state index in [-0.39, 0.29) is 29.2 Å². The van der Waals surface area contributed by atoms with Crippen molar-refractivity contribution in [3.63, 3.8) is 0 Å². The zero-order chi connectivity index (χ0) is 19.7. The molecule has 0 radical (unpaired) electrons. The Hall–Kier alpha value is -0.340. The fourth-order valence-corrected chi connectivity index (χ4v) is 10.3. The number of hydrogen-bond donors (Lipinski definition) is 0. The van der Waals surface area contributed by atoms with Crippen LogP contribution in [0.4, 0.5) is 4.39 Å². The van der Waals surface area contributed by atoms with Crippen molar-refractivity contribution >= 4 is 27.8 Å². The third-order valence-electron chi connectivity index (χ3n) is 6.93. The summed E-state index contributed by atoms with van der Waals surface area (Å²) in [7, 11) is -3.61. The van der Waals surface area contributed by atoms with Gasteiger partial charge in [0.2, 0.25) is 15.5 Å². The first kappa shape index (κ1) is 20.4. The zero-order valence-electron chi connectivity index (χ0n) is 16.4. The van der Waals surface area contributed by atoms with Crippen LogP contribution in [0.15, 0.2) is 0 Å². The molecule has 2 bridgehead atoms. The third-order valence-corrected chi connectivity index (χ3v) is 10.7. The fraction of sp³-hybridized carbons (Fsp3) is 0.944. The van der Waals surface area contributed by atoms with Crippen molar-refractivity contribution < 1.29 is 22.3 Å². The summed E-state index contributed by atoms with van der Waals surface area (Å²) >= 11 is 0.896. The summed E-state index contributed by atoms with van der Waals surface area (Å²) in [5.41, 5.74) is -2.83. The number of carbonyl (C=O) groups excluding carboxylic acids is 1. The quantitative estimate of drug-likeness (QED) is 0.652. The van der Waals surface area contributed by atoms with Crippen LogP contribution in [-0.2, 0) is 19.6 Å². The summed E-state index contributed by atoms with van der Waals surface area (Å²) in [5, 5.41) is 0. The van der Waals surface area contributed by atoms with E-state index in [0.717, 1.165) is 18.2 Å². The number of carbonyl (C=O) groups is 1. The Labute approximate surface area is 160 Å². The van der Waals surface area contributed by atoms with Crippen molar-refractivity contribution in [2.24, 2.45) is 16.7 Å². The highest BCUT2D eigenvalue weighted by atomic mass is 32.2. The molecule has 0 amide bonds. The molecule has 1 unspecified atom stereocenters. The molecule has 2 saturated carbocycles. The summed E-state index contributed by atoms with van der Waals surface area (Å²) < 4.78 is 48.1. The smallest absolute Gasteiger partial charge is 0.352 e. The molecule has 0 aromatic heterocycles. The number of hydrogen-bond acceptors (Lipinski definition) is 5. The van der Waals surface area contributed by atoms with Crippen LogP contribution < -0.4 is 0 Å². The van der Waals surface area contributed by atoms with Gasteiger partial charge in [-0.05, 0) is 51.9 Å². The molecule has 5 nitrogen and oxygen atoms in total. The Balaban J connectivity index is 2.06. The maximum absolute atomic E-state index is 14.1. The summed E-state index contributed by atoms with van der Waals surface area (Å²) in [6.07, 6.45) is 2.07. The van der Waals surface area contributed by atoms with E-state index >= 15 is 0 Å². The summed E-state index contributed by atoms with van der Waals surface area (Å²) in [5.74, 6) is -0.734. The molecule has 1 heterocycles. The standard InChI is InChI=1S/C18H30FNO4S2/c1-11(2)20(12(3)4)26(22,23)10-17-8-7-13(16(17,5)6)9-18(17)24-15(21)14(19)25-18/h11-14H,7-10H2,1-6H3/t13-,14?,17+,18-/m1/s1. The van der Waals surface area contributed by atoms with Gasteiger partial charge in [0.1, 0.15) is 0 Å². The van der Waals surface area contributed by atoms with E-state index in [1.807, 2.05) is 27.7 Å². The highest BCUT2D eigenvalue weighted by molar-refractivity contribution is 8.02. The van der Waals surface area contributed by atoms with E-state index in [9.17, 15) is 17.6 Å². The van der Waals surface area contributed by atoms with Gasteiger partial charge in [0, 0.05) is 23.9 Å². The van der Waals surface area contributed by atoms with Crippen LogP contribution in [-0.4, -0.2) is 47.0 Å². The highest BCUT2D eigenvalue weighted by Crippen LogP contribution is 2.76. The van der Waals surface area contributed by atoms with Crippen LogP contribution in [0.2, 0.25) is 0 Å². The maximum Gasteiger partial charge on any atom is 0.352 e. The first-order valence-electron chi connectivity index (χ1n) is 9.36. The molecular weight excluding hydrogens is 377 g/mol. The number of esters is 1. The Morgan fingerprint density at radius 1 is 1.27 bits per heavy atom. The number of sulfonamides is 1. The molecular formula is C18H30FNO4S2. The molecule has 1 saturated heterocycles. The Morgan fingerprint density at radius 3 is 2.27 bits per heavy atom. The molecule has 1 spiro atoms. The van der Waals surface area contributed by atoms with Crippen molar-refractivity contribution in [3.05, 3.63) is 0 Å². The summed E-state index contributed by atoms with van der Waals surface area (Å²) in [6.45, 7) is 11.6. The van der Waals surface area contributed by atoms with E-state index in [1.54, 1.807) is 0 Å². The first-order chi connectivity index (χ1) is 11.8. The minimum Gasteiger partial charge on any atom is -0.444 e. The lowest BCUT2D eigenvalue weighted by atomic mass is 9.69. The molecule has 3 fully saturated rings. The minimum absolute atomic E-state index is 0.104. The zero-order valence-corrected chi connectivity index (χ0v) is 18.0. The number of thioether (sulfide) groups is 1. The van der Waals surface area contributed by atoms with E-state index in [4.69, 9.17) is 4.74 Å². The number of alkyl halides is 1. The first-order valence-corrected chi connectivity index (χ1v) is 11.8. The van der Waals surface area contributed by atoms with Crippen molar-refractivity contribution in [1.82, 2.24) is 4.31 Å². The Bertz CT molecular complexity index is 700. The third kappa shape index (κ3) is 2.58. The second kappa shape index (κ2) is 6.08. The minimum atomic E-state index is -3.61. The monoisotopic (exact) mass is 407 g/mol. The van der Waals surface area contributed by atoms with Gasteiger partial charge in [-0.3, -0.25) is 0 Å². The van der Waals surface area contributed by atoms with Gasteiger partial charge in [0.05, 0.1) is 5.75 Å². The van der Waals surface area contributed by atoms with E-state index in [1.165, 1.54) is 4.31 Å². The molecule has 150 valence electrons. The lowest BCUT2D eigenvalue weighted by molar-refractivity contribution is -0.158. The molecule has 0 N–H and O–H groups in total. The van der Waals surface area contributed by atoms with E-state index < -0.39 is 31.8 Å². The normalized spacial score (nSPS) is 38.9. The van der Waals surface area contributed by atoms with Crippen LogP contribution in [0.1, 0.15) is 60.8 Å². The van der Waals surface area contributed by atoms with Crippen LogP contribution in [0.3, 0.4) is 0 Å². The van der Waals surface area contributed by atoms with Crippen LogP contribution in [0, 0.1) is 16.7 Å². The molecule has 3 rings (SSSR count). The maximum atomic E-state index is 14.1. The molecule has 0 aromatic rings. The van der Waals surface area contributed by atoms with Crippen molar-refractivity contribution in [3.8, 4) is 0 Å². The SMILES string of the molecule is CC(C)N(C(C)C)S(=O)(=O)C[C@]12CC[C@H](C[C@]13OC(=O)C(F)S3)C2(C)C. The largest absolute Gasteiger partial charge is 0.444 e. The van der Waals surface area contributed by atoms with Crippen molar-refractivity contribution in [2.75, 3.05) is 5.75 Å². The van der Waals surface area contributed by atoms with Gasteiger partial charge in [0.25, 0.3) is 0 Å². The average molecular weight is 408 g/mol. The summed E-state index contributed by atoms with van der Waals surface area (Å²) in [4.78, 5) is 10.8. The van der Waals surface area contributed by atoms with Gasteiger partial charge >= 0.3 is 5.97 Å². The number of ether oxygens (including phenoxy) is 1. The number of fused-ring (bicyclic) bond motifs is 3. The molecule has 3 aliphatic rings. The molecule has 26 heavy (non-hydrogen) atoms. The fourth-order valence-electron chi connectivity index (χ4n) is 5.79. The molecule has 1 aliphatic heterocycles. The molecule has 4 atom stereocenters. The molecule has 8 heteroatoms. The highest BCUT2D eigenvalue weighted by Gasteiger charge is 2.77. The number of rotatable bonds is 5. The van der Waals surface area contributed by atoms with Gasteiger partial charge in [-0.25, -0.2) is 17.6 Å².